The molecule has 1 atom stereocenters. The summed E-state index contributed by atoms with van der Waals surface area (Å²) in [4.78, 5) is 25.3. The maximum absolute atomic E-state index is 12.5. The highest BCUT2D eigenvalue weighted by Crippen LogP contribution is 2.59. The minimum absolute atomic E-state index is 0.0146. The van der Waals surface area contributed by atoms with Crippen LogP contribution in [0.4, 0.5) is 0 Å². The number of benzene rings is 1. The van der Waals surface area contributed by atoms with Gasteiger partial charge < -0.3 is 10.0 Å². The molecule has 21 heavy (non-hydrogen) atoms. The van der Waals surface area contributed by atoms with E-state index in [-0.39, 0.29) is 17.2 Å². The molecule has 1 aromatic rings. The fourth-order valence-corrected chi connectivity index (χ4v) is 3.49. The normalized spacial score (nSPS) is 23.1. The number of carbonyl (C=O) groups is 2. The molecule has 1 saturated carbocycles. The van der Waals surface area contributed by atoms with Crippen molar-refractivity contribution in [1.82, 2.24) is 4.90 Å². The number of nitrogens with zero attached hydrogens (tertiary/aromatic N) is 1. The van der Waals surface area contributed by atoms with Crippen molar-refractivity contribution in [2.75, 3.05) is 13.1 Å². The Kier molecular flexibility index (Phi) is 3.44. The van der Waals surface area contributed by atoms with Gasteiger partial charge in [-0.2, -0.15) is 0 Å². The molecule has 1 aliphatic carbocycles. The first-order valence-electron chi connectivity index (χ1n) is 7.21. The summed E-state index contributed by atoms with van der Waals surface area (Å²) in [6, 6.07) is 5.36. The van der Waals surface area contributed by atoms with E-state index in [9.17, 15) is 9.59 Å². The van der Waals surface area contributed by atoms with Gasteiger partial charge in [0.05, 0.1) is 5.92 Å². The van der Waals surface area contributed by atoms with Crippen LogP contribution in [-0.4, -0.2) is 35.0 Å². The van der Waals surface area contributed by atoms with E-state index in [1.165, 1.54) is 0 Å². The number of hydrogen-bond acceptors (Lipinski definition) is 2. The molecule has 4 nitrogen and oxygen atoms in total. The Morgan fingerprint density at radius 2 is 2.00 bits per heavy atom. The van der Waals surface area contributed by atoms with Gasteiger partial charge in [-0.15, -0.1) is 0 Å². The number of carbonyl (C=O) groups excluding carboxylic acids is 1. The number of aryl methyl sites for hydroxylation is 1. The number of likely N-dealkylation sites (tertiary alicyclic amines) is 1. The van der Waals surface area contributed by atoms with Crippen LogP contribution in [0.15, 0.2) is 18.2 Å². The van der Waals surface area contributed by atoms with E-state index in [1.807, 2.05) is 17.9 Å². The molecule has 1 N–H and O–H groups in total. The van der Waals surface area contributed by atoms with Gasteiger partial charge in [0.1, 0.15) is 0 Å². The average molecular weight is 308 g/mol. The van der Waals surface area contributed by atoms with Gasteiger partial charge in [0.2, 0.25) is 0 Å². The first-order valence-corrected chi connectivity index (χ1v) is 7.59. The summed E-state index contributed by atoms with van der Waals surface area (Å²) in [5.41, 5.74) is 1.51. The Balaban J connectivity index is 1.66. The van der Waals surface area contributed by atoms with Crippen molar-refractivity contribution in [3.63, 3.8) is 0 Å². The molecule has 1 aromatic carbocycles. The van der Waals surface area contributed by atoms with Gasteiger partial charge >= 0.3 is 5.97 Å². The number of halogens is 1. The first kappa shape index (κ1) is 14.4. The molecule has 2 fully saturated rings. The van der Waals surface area contributed by atoms with Gasteiger partial charge in [0.15, 0.2) is 0 Å². The van der Waals surface area contributed by atoms with Crippen LogP contribution in [0.5, 0.6) is 0 Å². The molecule has 0 radical (unpaired) electrons. The van der Waals surface area contributed by atoms with Crippen LogP contribution >= 0.6 is 11.6 Å². The summed E-state index contributed by atoms with van der Waals surface area (Å²) < 4.78 is 0. The number of amides is 1. The summed E-state index contributed by atoms with van der Waals surface area (Å²) >= 11 is 6.07. The third-order valence-corrected chi connectivity index (χ3v) is 5.36. The second kappa shape index (κ2) is 5.02. The Bertz CT molecular complexity index is 606. The third-order valence-electron chi connectivity index (χ3n) is 4.95. The predicted molar refractivity (Wildman–Crippen MR) is 79.5 cm³/mol. The standard InChI is InChI=1S/C16H18ClNO3/c1-10-2-3-11(8-13(10)17)14(19)18-6-4-16(5-7-18)9-12(16)15(20)21/h2-3,8,12H,4-7,9H2,1H3,(H,20,21). The molecular weight excluding hydrogens is 290 g/mol. The molecule has 1 amide bonds. The Morgan fingerprint density at radius 1 is 1.33 bits per heavy atom. The zero-order chi connectivity index (χ0) is 15.2. The van der Waals surface area contributed by atoms with Crippen LogP contribution in [0.1, 0.15) is 35.2 Å². The Morgan fingerprint density at radius 3 is 2.52 bits per heavy atom. The highest BCUT2D eigenvalue weighted by molar-refractivity contribution is 6.31. The summed E-state index contributed by atoms with van der Waals surface area (Å²) in [5.74, 6) is -0.914. The molecule has 1 heterocycles. The van der Waals surface area contributed by atoms with Crippen LogP contribution in [0.25, 0.3) is 0 Å². The van der Waals surface area contributed by atoms with Crippen molar-refractivity contribution in [3.8, 4) is 0 Å². The van der Waals surface area contributed by atoms with Crippen molar-refractivity contribution in [2.24, 2.45) is 11.3 Å². The van der Waals surface area contributed by atoms with Gasteiger partial charge in [-0.1, -0.05) is 17.7 Å². The summed E-state index contributed by atoms with van der Waals surface area (Å²) in [6.45, 7) is 3.17. The number of hydrogen-bond donors (Lipinski definition) is 1. The second-order valence-corrected chi connectivity index (χ2v) is 6.62. The number of aliphatic carboxylic acids is 1. The largest absolute Gasteiger partial charge is 0.481 e. The lowest BCUT2D eigenvalue weighted by Crippen LogP contribution is -2.40. The van der Waals surface area contributed by atoms with Crippen LogP contribution in [0.2, 0.25) is 5.02 Å². The highest BCUT2D eigenvalue weighted by Gasteiger charge is 2.59. The summed E-state index contributed by atoms with van der Waals surface area (Å²) in [6.07, 6.45) is 2.34. The third kappa shape index (κ3) is 2.53. The maximum atomic E-state index is 12.5. The van der Waals surface area contributed by atoms with Crippen LogP contribution in [-0.2, 0) is 4.79 Å². The van der Waals surface area contributed by atoms with E-state index in [0.717, 1.165) is 24.8 Å². The van der Waals surface area contributed by atoms with Gasteiger partial charge in [0.25, 0.3) is 5.91 Å². The fourth-order valence-electron chi connectivity index (χ4n) is 3.31. The van der Waals surface area contributed by atoms with Crippen molar-refractivity contribution < 1.29 is 14.7 Å². The van der Waals surface area contributed by atoms with Gasteiger partial charge in [0, 0.05) is 23.7 Å². The lowest BCUT2D eigenvalue weighted by Gasteiger charge is -2.32. The summed E-state index contributed by atoms with van der Waals surface area (Å²) in [7, 11) is 0. The van der Waals surface area contributed by atoms with E-state index < -0.39 is 5.97 Å². The van der Waals surface area contributed by atoms with Crippen LogP contribution in [0.3, 0.4) is 0 Å². The molecule has 5 heteroatoms. The van der Waals surface area contributed by atoms with Crippen molar-refractivity contribution in [3.05, 3.63) is 34.3 Å². The summed E-state index contributed by atoms with van der Waals surface area (Å²) in [5, 5.41) is 9.68. The fraction of sp³-hybridized carbons (Fsp3) is 0.500. The van der Waals surface area contributed by atoms with E-state index in [4.69, 9.17) is 16.7 Å². The monoisotopic (exact) mass is 307 g/mol. The molecule has 0 aromatic heterocycles. The SMILES string of the molecule is Cc1ccc(C(=O)N2CCC3(CC2)CC3C(=O)O)cc1Cl. The molecular formula is C16H18ClNO3. The van der Waals surface area contributed by atoms with E-state index >= 15 is 0 Å². The second-order valence-electron chi connectivity index (χ2n) is 6.21. The van der Waals surface area contributed by atoms with Crippen molar-refractivity contribution in [1.29, 1.82) is 0 Å². The molecule has 1 aliphatic heterocycles. The molecule has 2 aliphatic rings. The van der Waals surface area contributed by atoms with Gasteiger partial charge in [-0.05, 0) is 49.3 Å². The van der Waals surface area contributed by atoms with E-state index in [0.29, 0.717) is 23.7 Å². The van der Waals surface area contributed by atoms with E-state index in [2.05, 4.69) is 0 Å². The lowest BCUT2D eigenvalue weighted by molar-refractivity contribution is -0.139. The van der Waals surface area contributed by atoms with Crippen LogP contribution < -0.4 is 0 Å². The molecule has 0 bridgehead atoms. The Hall–Kier alpha value is -1.55. The average Bonchev–Trinajstić information content (AvgIpc) is 3.16. The number of carboxylic acids is 1. The lowest BCUT2D eigenvalue weighted by atomic mass is 9.90. The molecule has 1 unspecified atom stereocenters. The smallest absolute Gasteiger partial charge is 0.307 e. The minimum Gasteiger partial charge on any atom is -0.481 e. The highest BCUT2D eigenvalue weighted by atomic mass is 35.5. The Labute approximate surface area is 128 Å². The quantitative estimate of drug-likeness (QED) is 0.914. The minimum atomic E-state index is -0.694. The van der Waals surface area contributed by atoms with Crippen molar-refractivity contribution >= 4 is 23.5 Å². The number of rotatable bonds is 2. The molecule has 1 saturated heterocycles. The number of carboxylic acid groups (broad SMARTS) is 1. The van der Waals surface area contributed by atoms with Gasteiger partial charge in [-0.25, -0.2) is 0 Å². The molecule has 112 valence electrons. The van der Waals surface area contributed by atoms with E-state index in [1.54, 1.807) is 12.1 Å². The zero-order valence-corrected chi connectivity index (χ0v) is 12.7. The topological polar surface area (TPSA) is 57.6 Å². The first-order chi connectivity index (χ1) is 9.93. The molecule has 1 spiro atoms. The predicted octanol–water partition coefficient (Wildman–Crippen LogP) is 2.98. The molecule has 3 rings (SSSR count). The van der Waals surface area contributed by atoms with Crippen molar-refractivity contribution in [2.45, 2.75) is 26.2 Å². The number of piperidine rings is 1. The maximum Gasteiger partial charge on any atom is 0.307 e. The zero-order valence-electron chi connectivity index (χ0n) is 11.9. The van der Waals surface area contributed by atoms with Gasteiger partial charge in [-0.3, -0.25) is 9.59 Å². The van der Waals surface area contributed by atoms with Crippen LogP contribution in [0, 0.1) is 18.3 Å².